The van der Waals surface area contributed by atoms with Crippen molar-refractivity contribution in [1.29, 1.82) is 0 Å². The number of hydrogen-bond donors (Lipinski definition) is 1. The van der Waals surface area contributed by atoms with Crippen LogP contribution in [-0.4, -0.2) is 73.8 Å². The first-order chi connectivity index (χ1) is 16.5. The smallest absolute Gasteiger partial charge is 0.229 e. The predicted octanol–water partition coefficient (Wildman–Crippen LogP) is 2.90. The number of amides is 1. The van der Waals surface area contributed by atoms with E-state index in [2.05, 4.69) is 34.3 Å². The molecule has 0 aromatic carbocycles. The zero-order valence-corrected chi connectivity index (χ0v) is 21.0. The van der Waals surface area contributed by atoms with Gasteiger partial charge in [-0.25, -0.2) is 0 Å². The van der Waals surface area contributed by atoms with Crippen LogP contribution in [0.4, 0.5) is 0 Å². The highest BCUT2D eigenvalue weighted by Gasteiger charge is 2.40. The Labute approximate surface area is 212 Å². The molecule has 1 saturated heterocycles. The van der Waals surface area contributed by atoms with Crippen LogP contribution in [-0.2, 0) is 4.79 Å². The summed E-state index contributed by atoms with van der Waals surface area (Å²) in [7, 11) is 2.18. The lowest BCUT2D eigenvalue weighted by atomic mass is 9.83. The van der Waals surface area contributed by atoms with Crippen LogP contribution < -0.4 is 5.32 Å². The molecule has 5 rings (SSSR count). The number of carbonyl (C=O) groups is 1. The van der Waals surface area contributed by atoms with Gasteiger partial charge in [0.15, 0.2) is 0 Å². The first-order valence-electron chi connectivity index (χ1n) is 12.3. The second kappa shape index (κ2) is 10.4. The van der Waals surface area contributed by atoms with Gasteiger partial charge in [-0.2, -0.15) is 5.10 Å². The van der Waals surface area contributed by atoms with Crippen molar-refractivity contribution in [2.45, 2.75) is 50.3 Å². The molecule has 5 unspecified atom stereocenters. The highest BCUT2D eigenvalue weighted by Crippen LogP contribution is 2.34. The van der Waals surface area contributed by atoms with Gasteiger partial charge < -0.3 is 4.90 Å². The summed E-state index contributed by atoms with van der Waals surface area (Å²) in [6, 6.07) is 0. The number of aliphatic imine (C=N–C) groups is 2. The van der Waals surface area contributed by atoms with Gasteiger partial charge in [-0.05, 0) is 31.8 Å². The van der Waals surface area contributed by atoms with Crippen molar-refractivity contribution in [3.63, 3.8) is 0 Å². The molecule has 0 saturated carbocycles. The molecule has 4 heterocycles. The van der Waals surface area contributed by atoms with Crippen LogP contribution in [0.5, 0.6) is 0 Å². The number of nitrogens with one attached hydrogen (secondary N) is 1. The van der Waals surface area contributed by atoms with Crippen LogP contribution in [0.15, 0.2) is 49.6 Å². The van der Waals surface area contributed by atoms with Crippen molar-refractivity contribution < 1.29 is 4.79 Å². The van der Waals surface area contributed by atoms with E-state index in [0.29, 0.717) is 34.1 Å². The molecule has 5 atom stereocenters. The van der Waals surface area contributed by atoms with Crippen molar-refractivity contribution >= 4 is 55.1 Å². The summed E-state index contributed by atoms with van der Waals surface area (Å²) in [5.41, 5.74) is 1.27. The third-order valence-electron chi connectivity index (χ3n) is 7.40. The Bertz CT molecular complexity index is 984. The van der Waals surface area contributed by atoms with Gasteiger partial charge in [0.1, 0.15) is 20.2 Å². The average molecular weight is 501 g/mol. The van der Waals surface area contributed by atoms with E-state index >= 15 is 0 Å². The largest absolute Gasteiger partial charge is 0.342 e. The molecule has 5 aliphatic rings. The van der Waals surface area contributed by atoms with Gasteiger partial charge in [0, 0.05) is 78.1 Å². The molecule has 0 aromatic rings. The SMILES string of the molecule is BC1C=NN2C(NCC3C=NC=CC3)CC(C3CCN(C(=O)C4C=C(Cl)C=C(Cl)C4)CC3)=NC12. The zero-order valence-electron chi connectivity index (χ0n) is 19.5. The fraction of sp³-hybridized carbons (Fsp3) is 0.583. The lowest BCUT2D eigenvalue weighted by Gasteiger charge is -2.41. The lowest BCUT2D eigenvalue weighted by Crippen LogP contribution is -2.53. The lowest BCUT2D eigenvalue weighted by molar-refractivity contribution is -0.135. The zero-order chi connectivity index (χ0) is 23.7. The Morgan fingerprint density at radius 2 is 2.03 bits per heavy atom. The van der Waals surface area contributed by atoms with Gasteiger partial charge in [-0.1, -0.05) is 35.4 Å². The molecule has 34 heavy (non-hydrogen) atoms. The second-order valence-corrected chi connectivity index (χ2v) is 10.8. The fourth-order valence-corrected chi connectivity index (χ4v) is 6.08. The van der Waals surface area contributed by atoms with Crippen LogP contribution in [0.2, 0.25) is 5.82 Å². The van der Waals surface area contributed by atoms with Gasteiger partial charge in [0.2, 0.25) is 5.91 Å². The number of piperidine rings is 1. The molecule has 7 nitrogen and oxygen atoms in total. The molecule has 180 valence electrons. The maximum Gasteiger partial charge on any atom is 0.229 e. The van der Waals surface area contributed by atoms with Gasteiger partial charge in [-0.3, -0.25) is 25.1 Å². The van der Waals surface area contributed by atoms with Crippen LogP contribution in [0.1, 0.15) is 32.1 Å². The number of allylic oxidation sites excluding steroid dienone is 4. The van der Waals surface area contributed by atoms with Gasteiger partial charge in [0.05, 0.1) is 5.92 Å². The molecule has 1 amide bonds. The van der Waals surface area contributed by atoms with E-state index in [1.54, 1.807) is 6.08 Å². The van der Waals surface area contributed by atoms with Crippen LogP contribution in [0.25, 0.3) is 0 Å². The fourth-order valence-electron chi connectivity index (χ4n) is 5.46. The Balaban J connectivity index is 1.20. The van der Waals surface area contributed by atoms with E-state index in [4.69, 9.17) is 28.2 Å². The van der Waals surface area contributed by atoms with E-state index in [1.165, 1.54) is 5.71 Å². The molecular formula is C24H31BCl2N6O. The molecule has 0 radical (unpaired) electrons. The summed E-state index contributed by atoms with van der Waals surface area (Å²) < 4.78 is 0. The highest BCUT2D eigenvalue weighted by molar-refractivity contribution is 6.35. The summed E-state index contributed by atoms with van der Waals surface area (Å²) in [4.78, 5) is 24.5. The van der Waals surface area contributed by atoms with Crippen molar-refractivity contribution in [3.8, 4) is 0 Å². The Morgan fingerprint density at radius 3 is 2.76 bits per heavy atom. The Kier molecular flexibility index (Phi) is 7.28. The summed E-state index contributed by atoms with van der Waals surface area (Å²) in [5.74, 6) is 0.970. The quantitative estimate of drug-likeness (QED) is 0.590. The topological polar surface area (TPSA) is 72.7 Å². The number of halogens is 2. The third kappa shape index (κ3) is 5.19. The Morgan fingerprint density at radius 1 is 1.21 bits per heavy atom. The second-order valence-electron chi connectivity index (χ2n) is 9.90. The summed E-state index contributed by atoms with van der Waals surface area (Å²) in [6.07, 6.45) is 16.1. The van der Waals surface area contributed by atoms with E-state index in [-0.39, 0.29) is 24.2 Å². The van der Waals surface area contributed by atoms with Crippen molar-refractivity contribution in [1.82, 2.24) is 15.2 Å². The molecule has 10 heteroatoms. The van der Waals surface area contributed by atoms with Crippen LogP contribution in [0.3, 0.4) is 0 Å². The minimum absolute atomic E-state index is 0.0595. The minimum atomic E-state index is -0.259. The standard InChI is InChI=1S/C24H31BCl2N6O/c25-20-14-30-33-22(29-13-15-2-1-5-28-12-15)11-21(31-23(20)33)16-3-6-32(7-4-16)24(34)17-8-18(26)10-19(27)9-17/h1,5,8,10,12,14-17,20,22-23,29H,2-4,6-7,9,11,13,25H2. The predicted molar refractivity (Wildman–Crippen MR) is 141 cm³/mol. The molecule has 4 aliphatic heterocycles. The van der Waals surface area contributed by atoms with Crippen LogP contribution >= 0.6 is 23.2 Å². The van der Waals surface area contributed by atoms with E-state index in [0.717, 1.165) is 45.3 Å². The van der Waals surface area contributed by atoms with Gasteiger partial charge in [-0.15, -0.1) is 0 Å². The van der Waals surface area contributed by atoms with Gasteiger partial charge in [0.25, 0.3) is 0 Å². The number of nitrogens with zero attached hydrogens (tertiary/aromatic N) is 5. The number of likely N-dealkylation sites (tertiary alicyclic amines) is 1. The summed E-state index contributed by atoms with van der Waals surface area (Å²) >= 11 is 12.3. The third-order valence-corrected chi connectivity index (χ3v) is 7.90. The number of rotatable bonds is 5. The van der Waals surface area contributed by atoms with Crippen molar-refractivity contribution in [2.24, 2.45) is 32.8 Å². The van der Waals surface area contributed by atoms with E-state index in [1.807, 2.05) is 29.6 Å². The maximum atomic E-state index is 13.1. The number of hydrazone groups is 1. The number of fused-ring (bicyclic) bond motifs is 1. The molecular weight excluding hydrogens is 470 g/mol. The molecule has 0 bridgehead atoms. The van der Waals surface area contributed by atoms with Crippen molar-refractivity contribution in [2.75, 3.05) is 19.6 Å². The van der Waals surface area contributed by atoms with Gasteiger partial charge >= 0.3 is 0 Å². The maximum absolute atomic E-state index is 13.1. The summed E-state index contributed by atoms with van der Waals surface area (Å²) in [6.45, 7) is 2.37. The first kappa shape index (κ1) is 23.8. The van der Waals surface area contributed by atoms with Crippen LogP contribution in [0, 0.1) is 17.8 Å². The first-order valence-corrected chi connectivity index (χ1v) is 13.1. The molecule has 1 N–H and O–H groups in total. The number of hydrogen-bond acceptors (Lipinski definition) is 6. The normalized spacial score (nSPS) is 33.5. The molecule has 1 fully saturated rings. The highest BCUT2D eigenvalue weighted by atomic mass is 35.5. The monoisotopic (exact) mass is 500 g/mol. The minimum Gasteiger partial charge on any atom is -0.342 e. The van der Waals surface area contributed by atoms with E-state index < -0.39 is 0 Å². The molecule has 0 spiro atoms. The van der Waals surface area contributed by atoms with Crippen molar-refractivity contribution in [3.05, 3.63) is 34.5 Å². The van der Waals surface area contributed by atoms with E-state index in [9.17, 15) is 4.79 Å². The molecule has 1 aliphatic carbocycles. The summed E-state index contributed by atoms with van der Waals surface area (Å²) in [5, 5.41) is 11.7. The molecule has 0 aromatic heterocycles. The number of carbonyl (C=O) groups excluding carboxylic acids is 1. The average Bonchev–Trinajstić information content (AvgIpc) is 3.23. The Hall–Kier alpha value is -1.90.